The van der Waals surface area contributed by atoms with Crippen LogP contribution in [0, 0.1) is 14.1 Å². The van der Waals surface area contributed by atoms with Crippen molar-refractivity contribution in [3.63, 3.8) is 0 Å². The Balaban J connectivity index is 0.000000278. The van der Waals surface area contributed by atoms with Gasteiger partial charge in [0.25, 0.3) is 0 Å². The quantitative estimate of drug-likeness (QED) is 0.203. The Morgan fingerprint density at radius 2 is 1.38 bits per heavy atom. The van der Waals surface area contributed by atoms with Crippen molar-refractivity contribution in [2.24, 2.45) is 0 Å². The molecule has 0 spiro atoms. The predicted octanol–water partition coefficient (Wildman–Crippen LogP) is 0.756. The average Bonchev–Trinajstić information content (AvgIpc) is 2.78. The van der Waals surface area contributed by atoms with Gasteiger partial charge in [0.1, 0.15) is 22.5 Å². The van der Waals surface area contributed by atoms with E-state index in [4.69, 9.17) is 14.2 Å². The second-order valence-electron chi connectivity index (χ2n) is 6.56. The molecule has 0 amide bonds. The molecule has 0 aliphatic carbocycles. The van der Waals surface area contributed by atoms with Crippen LogP contribution in [-0.2, 0) is 19.6 Å². The summed E-state index contributed by atoms with van der Waals surface area (Å²) < 4.78 is 49.9. The van der Waals surface area contributed by atoms with Crippen LogP contribution in [0.3, 0.4) is 0 Å². The van der Waals surface area contributed by atoms with Gasteiger partial charge < -0.3 is 18.8 Å². The summed E-state index contributed by atoms with van der Waals surface area (Å²) in [6.45, 7) is 4.21. The normalized spacial score (nSPS) is 10.8. The minimum absolute atomic E-state index is 0.102. The Labute approximate surface area is 200 Å². The molecule has 0 saturated heterocycles. The zero-order valence-electron chi connectivity index (χ0n) is 18.1. The van der Waals surface area contributed by atoms with Crippen LogP contribution in [-0.4, -0.2) is 46.5 Å². The average molecular weight is 570 g/mol. The number of ether oxygens (including phenoxy) is 3. The van der Waals surface area contributed by atoms with Crippen LogP contribution in [0.1, 0.15) is 5.56 Å². The highest BCUT2D eigenvalue weighted by Gasteiger charge is 2.14. The third-order valence-electron chi connectivity index (χ3n) is 4.00. The van der Waals surface area contributed by atoms with Gasteiger partial charge in [0, 0.05) is 7.11 Å². The molecule has 0 atom stereocenters. The van der Waals surface area contributed by atoms with Gasteiger partial charge in [0.2, 0.25) is 0 Å². The highest BCUT2D eigenvalue weighted by Crippen LogP contribution is 2.09. The SMILES string of the molecule is COCCOCCOc1ccc([I+]c2ccccc2)cc1.Cc1ccc(S(=O)(=O)[O-])cc1. The molecule has 0 bridgehead atoms. The summed E-state index contributed by atoms with van der Waals surface area (Å²) in [5.74, 6) is 0.895. The number of methoxy groups -OCH3 is 1. The molecule has 8 heteroatoms. The summed E-state index contributed by atoms with van der Waals surface area (Å²) in [5, 5.41) is 0. The minimum Gasteiger partial charge on any atom is -0.744 e. The molecule has 0 aliphatic rings. The van der Waals surface area contributed by atoms with Crippen molar-refractivity contribution >= 4 is 10.1 Å². The Bertz CT molecular complexity index is 1010. The maximum absolute atomic E-state index is 10.4. The first-order valence-electron chi connectivity index (χ1n) is 9.90. The van der Waals surface area contributed by atoms with Gasteiger partial charge in [0.15, 0.2) is 7.14 Å². The lowest BCUT2D eigenvalue weighted by Crippen LogP contribution is -3.61. The fraction of sp³-hybridized carbons (Fsp3) is 0.250. The fourth-order valence-corrected chi connectivity index (χ4v) is 5.05. The molecule has 0 heterocycles. The van der Waals surface area contributed by atoms with Crippen molar-refractivity contribution in [3.8, 4) is 5.75 Å². The van der Waals surface area contributed by atoms with Gasteiger partial charge in [-0.3, -0.25) is 0 Å². The maximum atomic E-state index is 10.4. The van der Waals surface area contributed by atoms with Gasteiger partial charge in [0.05, 0.1) is 24.7 Å². The number of hydrogen-bond donors (Lipinski definition) is 0. The van der Waals surface area contributed by atoms with Crippen LogP contribution in [0.25, 0.3) is 0 Å². The van der Waals surface area contributed by atoms with Crippen LogP contribution < -0.4 is 25.9 Å². The number of benzene rings is 3. The van der Waals surface area contributed by atoms with Gasteiger partial charge >= 0.3 is 21.2 Å². The fourth-order valence-electron chi connectivity index (χ4n) is 2.37. The number of rotatable bonds is 10. The molecule has 0 radical (unpaired) electrons. The van der Waals surface area contributed by atoms with Crippen LogP contribution in [0.5, 0.6) is 5.75 Å². The van der Waals surface area contributed by atoms with Crippen molar-refractivity contribution in [2.45, 2.75) is 11.8 Å². The third kappa shape index (κ3) is 10.6. The lowest BCUT2D eigenvalue weighted by Gasteiger charge is -2.06. The van der Waals surface area contributed by atoms with Crippen molar-refractivity contribution in [1.82, 2.24) is 0 Å². The van der Waals surface area contributed by atoms with E-state index in [0.29, 0.717) is 26.4 Å². The standard InChI is InChI=1S/C17H20IO3.C7H8O3S/c1-19-11-12-20-13-14-21-17-9-7-16(8-10-17)18-15-5-3-2-4-6-15;1-6-2-4-7(5-3-6)11(8,9)10/h2-10H,11-14H2,1H3;2-5H,1H3,(H,8,9,10)/q+1;/p-1. The van der Waals surface area contributed by atoms with Gasteiger partial charge in [-0.05, 0) is 55.5 Å². The molecular formula is C24H27IO6S. The number of halogens is 1. The Morgan fingerprint density at radius 1 is 0.781 bits per heavy atom. The molecule has 0 aliphatic heterocycles. The van der Waals surface area contributed by atoms with E-state index in [0.717, 1.165) is 11.3 Å². The van der Waals surface area contributed by atoms with E-state index in [9.17, 15) is 13.0 Å². The maximum Gasteiger partial charge on any atom is 0.357 e. The summed E-state index contributed by atoms with van der Waals surface area (Å²) >= 11 is -0.102. The second kappa shape index (κ2) is 14.2. The molecule has 3 aromatic carbocycles. The first kappa shape index (κ1) is 26.3. The first-order chi connectivity index (χ1) is 15.4. The van der Waals surface area contributed by atoms with E-state index in [1.54, 1.807) is 19.2 Å². The predicted molar refractivity (Wildman–Crippen MR) is 118 cm³/mol. The van der Waals surface area contributed by atoms with Crippen molar-refractivity contribution in [3.05, 3.63) is 91.6 Å². The van der Waals surface area contributed by atoms with E-state index in [-0.39, 0.29) is 26.1 Å². The number of hydrogen-bond acceptors (Lipinski definition) is 6. The lowest BCUT2D eigenvalue weighted by atomic mass is 10.2. The summed E-state index contributed by atoms with van der Waals surface area (Å²) in [4.78, 5) is -0.178. The summed E-state index contributed by atoms with van der Waals surface area (Å²) in [5.41, 5.74) is 0.928. The monoisotopic (exact) mass is 570 g/mol. The third-order valence-corrected chi connectivity index (χ3v) is 7.54. The smallest absolute Gasteiger partial charge is 0.357 e. The Morgan fingerprint density at radius 3 is 1.97 bits per heavy atom. The Hall–Kier alpha value is -1.98. The van der Waals surface area contributed by atoms with Crippen LogP contribution >= 0.6 is 0 Å². The van der Waals surface area contributed by atoms with Crippen molar-refractivity contribution in [1.29, 1.82) is 0 Å². The number of aryl methyl sites for hydroxylation is 1. The summed E-state index contributed by atoms with van der Waals surface area (Å²) in [6, 6.07) is 24.8. The summed E-state index contributed by atoms with van der Waals surface area (Å²) in [7, 11) is -2.60. The molecule has 0 N–H and O–H groups in total. The zero-order chi connectivity index (χ0) is 23.2. The van der Waals surface area contributed by atoms with E-state index >= 15 is 0 Å². The first-order valence-corrected chi connectivity index (χ1v) is 13.5. The molecule has 0 aromatic heterocycles. The van der Waals surface area contributed by atoms with Crippen molar-refractivity contribution in [2.75, 3.05) is 33.5 Å². The molecule has 3 rings (SSSR count). The van der Waals surface area contributed by atoms with Crippen LogP contribution in [0.15, 0.2) is 83.8 Å². The van der Waals surface area contributed by atoms with Gasteiger partial charge in [-0.1, -0.05) is 35.9 Å². The molecule has 32 heavy (non-hydrogen) atoms. The minimum atomic E-state index is -4.27. The molecule has 0 unspecified atom stereocenters. The van der Waals surface area contributed by atoms with Gasteiger partial charge in [-0.25, -0.2) is 8.42 Å². The molecule has 0 saturated carbocycles. The van der Waals surface area contributed by atoms with E-state index in [1.165, 1.54) is 19.3 Å². The van der Waals surface area contributed by atoms with Gasteiger partial charge in [-0.2, -0.15) is 0 Å². The van der Waals surface area contributed by atoms with Crippen LogP contribution in [0.4, 0.5) is 0 Å². The van der Waals surface area contributed by atoms with E-state index < -0.39 is 10.1 Å². The highest BCUT2D eigenvalue weighted by atomic mass is 127. The molecular weight excluding hydrogens is 543 g/mol. The zero-order valence-corrected chi connectivity index (χ0v) is 21.0. The topological polar surface area (TPSA) is 84.9 Å². The largest absolute Gasteiger partial charge is 0.744 e. The molecule has 0 fully saturated rings. The molecule has 172 valence electrons. The second-order valence-corrected chi connectivity index (χ2v) is 11.0. The van der Waals surface area contributed by atoms with E-state index in [2.05, 4.69) is 42.5 Å². The Kier molecular flexibility index (Phi) is 11.7. The molecule has 3 aromatic rings. The molecule has 6 nitrogen and oxygen atoms in total. The van der Waals surface area contributed by atoms with Crippen molar-refractivity contribution < 1.29 is 48.4 Å². The summed E-state index contributed by atoms with van der Waals surface area (Å²) in [6.07, 6.45) is 0. The lowest BCUT2D eigenvalue weighted by molar-refractivity contribution is -0.597. The van der Waals surface area contributed by atoms with E-state index in [1.807, 2.05) is 19.1 Å². The highest BCUT2D eigenvalue weighted by molar-refractivity contribution is 7.85. The van der Waals surface area contributed by atoms with Gasteiger partial charge in [-0.15, -0.1) is 0 Å². The van der Waals surface area contributed by atoms with Crippen LogP contribution in [0.2, 0.25) is 0 Å².